The molecule has 0 fully saturated rings. The fourth-order valence-corrected chi connectivity index (χ4v) is 2.81. The molecule has 4 rings (SSSR count). The molecule has 0 bridgehead atoms. The minimum Gasteiger partial charge on any atom is -0.0610 e. The molecule has 2 heteroatoms. The average molecular weight is 229 g/mol. The molecule has 0 aliphatic rings. The lowest BCUT2D eigenvalue weighted by Crippen LogP contribution is -1.83. The zero-order valence-electron chi connectivity index (χ0n) is 9.59. The highest BCUT2D eigenvalue weighted by Crippen LogP contribution is 2.38. The monoisotopic (exact) mass is 229 g/mol. The molecule has 0 aliphatic carbocycles. The molecule has 0 radical (unpaired) electrons. The third kappa shape index (κ3) is 1.03. The molecule has 0 heterocycles. The highest BCUT2D eigenvalue weighted by Gasteiger charge is 2.16. The molecular weight excluding hydrogens is 220 g/mol. The van der Waals surface area contributed by atoms with Gasteiger partial charge >= 0.3 is 5.69 Å². The minimum absolute atomic E-state index is 0.626. The van der Waals surface area contributed by atoms with Crippen molar-refractivity contribution in [2.75, 3.05) is 0 Å². The van der Waals surface area contributed by atoms with Gasteiger partial charge in [-0.05, 0) is 33.7 Å². The van der Waals surface area contributed by atoms with E-state index >= 15 is 0 Å². The highest BCUT2D eigenvalue weighted by molar-refractivity contribution is 6.25. The van der Waals surface area contributed by atoms with E-state index < -0.39 is 0 Å². The Morgan fingerprint density at radius 1 is 0.667 bits per heavy atom. The van der Waals surface area contributed by atoms with Gasteiger partial charge in [0.2, 0.25) is 5.39 Å². The van der Waals surface area contributed by atoms with Crippen LogP contribution in [0.5, 0.6) is 0 Å². The molecule has 0 aromatic heterocycles. The van der Waals surface area contributed by atoms with E-state index in [2.05, 4.69) is 41.4 Å². The van der Waals surface area contributed by atoms with Crippen LogP contribution in [-0.2, 0) is 0 Å². The standard InChI is InChI=1S/C16H9N2/c17-18-14-9-7-12-5-4-10-2-1-3-11-6-8-13(14)16(12)15(10)11/h1-9H/q+1. The van der Waals surface area contributed by atoms with Crippen LogP contribution in [0.2, 0.25) is 0 Å². The number of nitrogens with zero attached hydrogens (tertiary/aromatic N) is 2. The summed E-state index contributed by atoms with van der Waals surface area (Å²) in [6, 6.07) is 18.5. The summed E-state index contributed by atoms with van der Waals surface area (Å²) in [5.74, 6) is 0. The maximum Gasteiger partial charge on any atom is 0.392 e. The number of rotatable bonds is 0. The molecule has 0 spiro atoms. The van der Waals surface area contributed by atoms with Gasteiger partial charge in [-0.15, -0.1) is 0 Å². The van der Waals surface area contributed by atoms with E-state index in [1.807, 2.05) is 18.2 Å². The maximum absolute atomic E-state index is 9.09. The first-order valence-electron chi connectivity index (χ1n) is 5.90. The fourth-order valence-electron chi connectivity index (χ4n) is 2.81. The summed E-state index contributed by atoms with van der Waals surface area (Å²) < 4.78 is 0. The van der Waals surface area contributed by atoms with Gasteiger partial charge in [-0.2, -0.15) is 0 Å². The Morgan fingerprint density at radius 3 is 2.00 bits per heavy atom. The molecule has 0 saturated carbocycles. The lowest BCUT2D eigenvalue weighted by molar-refractivity contribution is 1.47. The maximum atomic E-state index is 9.09. The second kappa shape index (κ2) is 3.18. The van der Waals surface area contributed by atoms with Gasteiger partial charge in [0.25, 0.3) is 0 Å². The van der Waals surface area contributed by atoms with Crippen LogP contribution in [0.4, 0.5) is 5.69 Å². The summed E-state index contributed by atoms with van der Waals surface area (Å²) >= 11 is 0. The number of hydrogen-bond donors (Lipinski definition) is 0. The van der Waals surface area contributed by atoms with Crippen molar-refractivity contribution in [2.45, 2.75) is 0 Å². The van der Waals surface area contributed by atoms with Crippen LogP contribution >= 0.6 is 0 Å². The van der Waals surface area contributed by atoms with Crippen LogP contribution in [0.25, 0.3) is 37.3 Å². The smallest absolute Gasteiger partial charge is 0.0610 e. The van der Waals surface area contributed by atoms with Crippen LogP contribution in [0, 0.1) is 5.39 Å². The third-order valence-electron chi connectivity index (χ3n) is 3.61. The molecule has 2 nitrogen and oxygen atoms in total. The van der Waals surface area contributed by atoms with Crippen molar-refractivity contribution in [3.63, 3.8) is 0 Å². The van der Waals surface area contributed by atoms with Gasteiger partial charge in [0.1, 0.15) is 0 Å². The molecule has 0 unspecified atom stereocenters. The van der Waals surface area contributed by atoms with Crippen molar-refractivity contribution in [1.82, 2.24) is 0 Å². The Hall–Kier alpha value is -2.66. The number of hydrogen-bond acceptors (Lipinski definition) is 1. The van der Waals surface area contributed by atoms with Crippen molar-refractivity contribution < 1.29 is 0 Å². The van der Waals surface area contributed by atoms with Crippen molar-refractivity contribution in [1.29, 1.82) is 5.39 Å². The summed E-state index contributed by atoms with van der Waals surface area (Å²) in [5.41, 5.74) is 0.626. The van der Waals surface area contributed by atoms with Crippen LogP contribution in [0.3, 0.4) is 0 Å². The second-order valence-corrected chi connectivity index (χ2v) is 4.54. The van der Waals surface area contributed by atoms with Crippen molar-refractivity contribution in [3.8, 4) is 0 Å². The zero-order chi connectivity index (χ0) is 12.1. The molecule has 0 atom stereocenters. The van der Waals surface area contributed by atoms with Crippen LogP contribution in [0.15, 0.2) is 54.6 Å². The molecule has 0 saturated heterocycles. The zero-order valence-corrected chi connectivity index (χ0v) is 9.59. The Bertz CT molecular complexity index is 916. The van der Waals surface area contributed by atoms with E-state index in [4.69, 9.17) is 5.39 Å². The van der Waals surface area contributed by atoms with Crippen LogP contribution in [-0.4, -0.2) is 0 Å². The lowest BCUT2D eigenvalue weighted by atomic mass is 9.94. The van der Waals surface area contributed by atoms with E-state index in [-0.39, 0.29) is 0 Å². The quantitative estimate of drug-likeness (QED) is 0.305. The van der Waals surface area contributed by atoms with E-state index in [1.54, 1.807) is 0 Å². The first kappa shape index (κ1) is 9.38. The molecule has 0 N–H and O–H groups in total. The van der Waals surface area contributed by atoms with Crippen molar-refractivity contribution in [3.05, 3.63) is 59.6 Å². The SMILES string of the molecule is N#[N+]c1ccc2ccc3cccc4ccc1c2c34. The van der Waals surface area contributed by atoms with Crippen LogP contribution < -0.4 is 0 Å². The lowest BCUT2D eigenvalue weighted by Gasteiger charge is -2.08. The van der Waals surface area contributed by atoms with Gasteiger partial charge in [0.15, 0.2) is 4.98 Å². The van der Waals surface area contributed by atoms with Crippen LogP contribution in [0.1, 0.15) is 0 Å². The first-order chi connectivity index (χ1) is 8.88. The number of benzene rings is 4. The summed E-state index contributed by atoms with van der Waals surface area (Å²) in [5, 5.41) is 16.1. The average Bonchev–Trinajstić information content (AvgIpc) is 2.44. The third-order valence-corrected chi connectivity index (χ3v) is 3.61. The Morgan fingerprint density at radius 2 is 1.28 bits per heavy atom. The van der Waals surface area contributed by atoms with Crippen molar-refractivity contribution in [2.24, 2.45) is 0 Å². The van der Waals surface area contributed by atoms with Gasteiger partial charge in [0.05, 0.1) is 5.39 Å². The molecular formula is C16H9N2+. The molecule has 18 heavy (non-hydrogen) atoms. The highest BCUT2D eigenvalue weighted by atomic mass is 14.8. The van der Waals surface area contributed by atoms with E-state index in [0.29, 0.717) is 5.69 Å². The normalized spacial score (nSPS) is 11.3. The van der Waals surface area contributed by atoms with Gasteiger partial charge in [-0.25, -0.2) is 0 Å². The molecule has 82 valence electrons. The molecule has 4 aromatic rings. The second-order valence-electron chi connectivity index (χ2n) is 4.54. The first-order valence-corrected chi connectivity index (χ1v) is 5.90. The van der Waals surface area contributed by atoms with E-state index in [0.717, 1.165) is 5.39 Å². The summed E-state index contributed by atoms with van der Waals surface area (Å²) in [6.45, 7) is 0. The van der Waals surface area contributed by atoms with E-state index in [1.165, 1.54) is 26.9 Å². The van der Waals surface area contributed by atoms with Gasteiger partial charge in [0, 0.05) is 11.5 Å². The molecule has 4 aromatic carbocycles. The number of diazo groups is 1. The van der Waals surface area contributed by atoms with E-state index in [9.17, 15) is 0 Å². The predicted octanol–water partition coefficient (Wildman–Crippen LogP) is 5.07. The molecule has 0 aliphatic heterocycles. The minimum atomic E-state index is 0.626. The van der Waals surface area contributed by atoms with Crippen molar-refractivity contribution >= 4 is 38.0 Å². The fraction of sp³-hybridized carbons (Fsp3) is 0. The Labute approximate surface area is 103 Å². The predicted molar refractivity (Wildman–Crippen MR) is 74.9 cm³/mol. The Kier molecular flexibility index (Phi) is 1.66. The summed E-state index contributed by atoms with van der Waals surface area (Å²) in [4.78, 5) is 3.38. The topological polar surface area (TPSA) is 28.1 Å². The van der Waals surface area contributed by atoms with Gasteiger partial charge in [-0.1, -0.05) is 36.4 Å². The largest absolute Gasteiger partial charge is 0.392 e. The summed E-state index contributed by atoms with van der Waals surface area (Å²) in [7, 11) is 0. The molecule has 0 amide bonds. The van der Waals surface area contributed by atoms with Gasteiger partial charge < -0.3 is 0 Å². The van der Waals surface area contributed by atoms with Gasteiger partial charge in [-0.3, -0.25) is 0 Å². The Balaban J connectivity index is 2.45. The summed E-state index contributed by atoms with van der Waals surface area (Å²) in [6.07, 6.45) is 0.